The lowest BCUT2D eigenvalue weighted by atomic mass is 9.97. The van der Waals surface area contributed by atoms with E-state index < -0.39 is 0 Å². The van der Waals surface area contributed by atoms with Gasteiger partial charge < -0.3 is 10.6 Å². The number of rotatable bonds is 2. The number of nitrogens with two attached hydrogens (primary N) is 1. The summed E-state index contributed by atoms with van der Waals surface area (Å²) in [5.74, 6) is 0. The Labute approximate surface area is 118 Å². The fraction of sp³-hybridized carbons (Fsp3) is 0.538. The van der Waals surface area contributed by atoms with Gasteiger partial charge in [0.2, 0.25) is 0 Å². The predicted octanol–water partition coefficient (Wildman–Crippen LogP) is 2.24. The first-order chi connectivity index (χ1) is 8.50. The van der Waals surface area contributed by atoms with Crippen LogP contribution in [0.4, 0.5) is 0 Å². The van der Waals surface area contributed by atoms with Gasteiger partial charge >= 0.3 is 0 Å². The normalized spacial score (nSPS) is 24.2. The molecule has 100 valence electrons. The van der Waals surface area contributed by atoms with Crippen LogP contribution in [0.5, 0.6) is 0 Å². The summed E-state index contributed by atoms with van der Waals surface area (Å²) < 4.78 is 0. The van der Waals surface area contributed by atoms with Gasteiger partial charge in [-0.3, -0.25) is 4.90 Å². The lowest BCUT2D eigenvalue weighted by Crippen LogP contribution is -2.54. The largest absolute Gasteiger partial charge is 0.323 e. The molecule has 18 heavy (non-hydrogen) atoms. The molecular weight excluding hydrogens is 269 g/mol. The van der Waals surface area contributed by atoms with Crippen molar-refractivity contribution in [3.05, 3.63) is 33.8 Å². The molecule has 0 spiro atoms. The van der Waals surface area contributed by atoms with E-state index in [4.69, 9.17) is 28.9 Å². The van der Waals surface area contributed by atoms with Crippen molar-refractivity contribution in [3.8, 4) is 0 Å². The first kappa shape index (κ1) is 14.1. The van der Waals surface area contributed by atoms with Gasteiger partial charge in [-0.1, -0.05) is 35.3 Å². The van der Waals surface area contributed by atoms with Crippen molar-refractivity contribution in [1.29, 1.82) is 0 Å². The van der Waals surface area contributed by atoms with Crippen LogP contribution in [0.3, 0.4) is 0 Å². The monoisotopic (exact) mass is 287 g/mol. The Kier molecular flexibility index (Phi) is 4.51. The topological polar surface area (TPSA) is 32.5 Å². The molecule has 1 heterocycles. The van der Waals surface area contributed by atoms with E-state index in [1.54, 1.807) is 6.07 Å². The quantitative estimate of drug-likeness (QED) is 0.906. The third-order valence-electron chi connectivity index (χ3n) is 3.65. The molecule has 1 fully saturated rings. The summed E-state index contributed by atoms with van der Waals surface area (Å²) >= 11 is 12.3. The van der Waals surface area contributed by atoms with Gasteiger partial charge in [0.05, 0.1) is 10.0 Å². The van der Waals surface area contributed by atoms with Crippen LogP contribution in [0.15, 0.2) is 18.2 Å². The molecule has 2 unspecified atom stereocenters. The van der Waals surface area contributed by atoms with Crippen molar-refractivity contribution in [1.82, 2.24) is 9.80 Å². The molecule has 0 amide bonds. The number of hydrogen-bond acceptors (Lipinski definition) is 3. The molecule has 0 bridgehead atoms. The van der Waals surface area contributed by atoms with Crippen molar-refractivity contribution in [2.75, 3.05) is 33.7 Å². The van der Waals surface area contributed by atoms with Crippen molar-refractivity contribution < 1.29 is 0 Å². The second kappa shape index (κ2) is 5.76. The maximum atomic E-state index is 6.38. The van der Waals surface area contributed by atoms with Gasteiger partial charge in [-0.15, -0.1) is 0 Å². The summed E-state index contributed by atoms with van der Waals surface area (Å²) in [6, 6.07) is 5.79. The third-order valence-corrected chi connectivity index (χ3v) is 4.49. The maximum Gasteiger partial charge on any atom is 0.0640 e. The molecule has 2 rings (SSSR count). The third kappa shape index (κ3) is 2.81. The number of benzene rings is 1. The van der Waals surface area contributed by atoms with Crippen LogP contribution < -0.4 is 5.73 Å². The van der Waals surface area contributed by atoms with Crippen LogP contribution in [0.25, 0.3) is 0 Å². The number of nitrogens with zero attached hydrogens (tertiary/aromatic N) is 2. The lowest BCUT2D eigenvalue weighted by molar-refractivity contribution is 0.0974. The number of halogens is 2. The lowest BCUT2D eigenvalue weighted by Gasteiger charge is -2.41. The van der Waals surface area contributed by atoms with Crippen LogP contribution in [-0.2, 0) is 0 Å². The van der Waals surface area contributed by atoms with Gasteiger partial charge in [0.15, 0.2) is 0 Å². The molecule has 5 heteroatoms. The van der Waals surface area contributed by atoms with E-state index in [0.717, 1.165) is 25.2 Å². The minimum absolute atomic E-state index is 0.121. The van der Waals surface area contributed by atoms with E-state index >= 15 is 0 Å². The average molecular weight is 288 g/mol. The molecule has 1 saturated heterocycles. The average Bonchev–Trinajstić information content (AvgIpc) is 2.35. The van der Waals surface area contributed by atoms with Gasteiger partial charge in [-0.25, -0.2) is 0 Å². The standard InChI is InChI=1S/C13H19Cl2N3/c1-17-6-7-18(2)11(8-17)13(16)9-4-3-5-10(14)12(9)15/h3-5,11,13H,6-8,16H2,1-2H3. The van der Waals surface area contributed by atoms with Gasteiger partial charge in [-0.05, 0) is 25.7 Å². The highest BCUT2D eigenvalue weighted by Crippen LogP contribution is 2.32. The van der Waals surface area contributed by atoms with Crippen LogP contribution in [0.2, 0.25) is 10.0 Å². The SMILES string of the molecule is CN1CCN(C)C(C(N)c2cccc(Cl)c2Cl)C1. The zero-order valence-corrected chi connectivity index (χ0v) is 12.2. The van der Waals surface area contributed by atoms with Gasteiger partial charge in [0.25, 0.3) is 0 Å². The maximum absolute atomic E-state index is 6.38. The second-order valence-electron chi connectivity index (χ2n) is 4.98. The summed E-state index contributed by atoms with van der Waals surface area (Å²) in [4.78, 5) is 4.59. The number of piperazine rings is 1. The minimum atomic E-state index is -0.121. The van der Waals surface area contributed by atoms with Crippen molar-refractivity contribution >= 4 is 23.2 Å². The summed E-state index contributed by atoms with van der Waals surface area (Å²) in [5.41, 5.74) is 7.31. The molecule has 1 aromatic rings. The van der Waals surface area contributed by atoms with Gasteiger partial charge in [0, 0.05) is 31.7 Å². The first-order valence-electron chi connectivity index (χ1n) is 6.09. The van der Waals surface area contributed by atoms with Crippen LogP contribution >= 0.6 is 23.2 Å². The van der Waals surface area contributed by atoms with E-state index in [9.17, 15) is 0 Å². The van der Waals surface area contributed by atoms with E-state index in [0.29, 0.717) is 10.0 Å². The molecule has 0 saturated carbocycles. The van der Waals surface area contributed by atoms with Crippen LogP contribution in [-0.4, -0.2) is 49.6 Å². The highest BCUT2D eigenvalue weighted by molar-refractivity contribution is 6.42. The molecule has 0 radical (unpaired) electrons. The summed E-state index contributed by atoms with van der Waals surface area (Å²) in [6.07, 6.45) is 0. The predicted molar refractivity (Wildman–Crippen MR) is 77.3 cm³/mol. The van der Waals surface area contributed by atoms with Crippen molar-refractivity contribution in [2.24, 2.45) is 5.73 Å². The minimum Gasteiger partial charge on any atom is -0.323 e. The number of likely N-dealkylation sites (N-methyl/N-ethyl adjacent to an activating group) is 2. The van der Waals surface area contributed by atoms with Crippen molar-refractivity contribution in [3.63, 3.8) is 0 Å². The Bertz CT molecular complexity index is 425. The number of hydrogen-bond donors (Lipinski definition) is 1. The smallest absolute Gasteiger partial charge is 0.0640 e. The van der Waals surface area contributed by atoms with Crippen LogP contribution in [0.1, 0.15) is 11.6 Å². The van der Waals surface area contributed by atoms with Crippen LogP contribution in [0, 0.1) is 0 Å². The fourth-order valence-corrected chi connectivity index (χ4v) is 2.85. The van der Waals surface area contributed by atoms with Crippen molar-refractivity contribution in [2.45, 2.75) is 12.1 Å². The Morgan fingerprint density at radius 1 is 1.28 bits per heavy atom. The van der Waals surface area contributed by atoms with E-state index in [-0.39, 0.29) is 12.1 Å². The fourth-order valence-electron chi connectivity index (χ4n) is 2.42. The van der Waals surface area contributed by atoms with E-state index in [1.165, 1.54) is 0 Å². The van der Waals surface area contributed by atoms with E-state index in [2.05, 4.69) is 23.9 Å². The highest BCUT2D eigenvalue weighted by Gasteiger charge is 2.29. The molecule has 2 atom stereocenters. The van der Waals surface area contributed by atoms with Gasteiger partial charge in [-0.2, -0.15) is 0 Å². The highest BCUT2D eigenvalue weighted by atomic mass is 35.5. The molecule has 1 aliphatic heterocycles. The summed E-state index contributed by atoms with van der Waals surface area (Å²) in [6.45, 7) is 3.04. The molecule has 0 aromatic heterocycles. The Balaban J connectivity index is 2.24. The zero-order valence-electron chi connectivity index (χ0n) is 10.7. The second-order valence-corrected chi connectivity index (χ2v) is 5.76. The van der Waals surface area contributed by atoms with E-state index in [1.807, 2.05) is 12.1 Å². The molecule has 0 aliphatic carbocycles. The molecule has 2 N–H and O–H groups in total. The summed E-state index contributed by atoms with van der Waals surface area (Å²) in [7, 11) is 4.22. The molecule has 1 aromatic carbocycles. The summed E-state index contributed by atoms with van der Waals surface area (Å²) in [5, 5.41) is 1.14. The Hall–Kier alpha value is -0.320. The molecular formula is C13H19Cl2N3. The molecule has 1 aliphatic rings. The Morgan fingerprint density at radius 3 is 2.72 bits per heavy atom. The van der Waals surface area contributed by atoms with Gasteiger partial charge in [0.1, 0.15) is 0 Å². The molecule has 3 nitrogen and oxygen atoms in total. The first-order valence-corrected chi connectivity index (χ1v) is 6.84. The Morgan fingerprint density at radius 2 is 2.00 bits per heavy atom. The zero-order chi connectivity index (χ0) is 13.3.